The number of nitrogens with one attached hydrogen (secondary N) is 1. The van der Waals surface area contributed by atoms with E-state index in [-0.39, 0.29) is 26.5 Å². The van der Waals surface area contributed by atoms with Gasteiger partial charge in [0.1, 0.15) is 5.82 Å². The van der Waals surface area contributed by atoms with E-state index in [1.54, 1.807) is 6.07 Å². The van der Waals surface area contributed by atoms with Crippen LogP contribution in [0.15, 0.2) is 76.5 Å². The van der Waals surface area contributed by atoms with Gasteiger partial charge in [-0.3, -0.25) is 9.59 Å². The number of ether oxygens (including phenoxy) is 1. The number of fused-ring (bicyclic) bond motifs is 2. The number of hydrogen-bond donors (Lipinski definition) is 1. The van der Waals surface area contributed by atoms with E-state index in [2.05, 4.69) is 5.32 Å². The van der Waals surface area contributed by atoms with E-state index in [1.165, 1.54) is 42.5 Å². The number of halogens is 1. The summed E-state index contributed by atoms with van der Waals surface area (Å²) < 4.78 is 43.7. The molecule has 0 spiro atoms. The third-order valence-corrected chi connectivity index (χ3v) is 6.49. The Kier molecular flexibility index (Phi) is 5.12. The van der Waals surface area contributed by atoms with Crippen LogP contribution in [0.4, 0.5) is 10.1 Å². The first-order valence-corrected chi connectivity index (χ1v) is 10.5. The topological polar surface area (TPSA) is 107 Å². The molecule has 7 nitrogen and oxygen atoms in total. The van der Waals surface area contributed by atoms with Crippen LogP contribution < -0.4 is 5.32 Å². The molecule has 4 rings (SSSR count). The number of carbonyl (C=O) groups excluding carboxylic acids is 3. The van der Waals surface area contributed by atoms with E-state index in [0.29, 0.717) is 5.69 Å². The van der Waals surface area contributed by atoms with Gasteiger partial charge in [-0.25, -0.2) is 17.6 Å². The van der Waals surface area contributed by atoms with E-state index in [4.69, 9.17) is 4.74 Å². The Labute approximate surface area is 176 Å². The lowest BCUT2D eigenvalue weighted by Gasteiger charge is -2.19. The SMILES string of the molecule is O=C(COC(=O)c1ccc2c(c1)S(=O)(=O)c1ccccc1C2=O)Nc1ccc(F)cc1. The Balaban J connectivity index is 1.52. The molecule has 0 aliphatic carbocycles. The molecule has 0 atom stereocenters. The minimum absolute atomic E-state index is 0.0377. The van der Waals surface area contributed by atoms with Gasteiger partial charge in [-0.05, 0) is 54.6 Å². The van der Waals surface area contributed by atoms with Crippen LogP contribution in [0.2, 0.25) is 0 Å². The predicted octanol–water partition coefficient (Wildman–Crippen LogP) is 3.00. The van der Waals surface area contributed by atoms with Gasteiger partial charge >= 0.3 is 5.97 Å². The quantitative estimate of drug-likeness (QED) is 0.490. The van der Waals surface area contributed by atoms with Crippen molar-refractivity contribution in [3.63, 3.8) is 0 Å². The van der Waals surface area contributed by atoms with Crippen molar-refractivity contribution in [3.05, 3.63) is 89.2 Å². The van der Waals surface area contributed by atoms with Gasteiger partial charge in [0.25, 0.3) is 5.91 Å². The normalized spacial score (nSPS) is 13.6. The number of sulfone groups is 1. The molecule has 0 saturated carbocycles. The highest BCUT2D eigenvalue weighted by atomic mass is 32.2. The maximum atomic E-state index is 12.9. The van der Waals surface area contributed by atoms with Gasteiger partial charge in [-0.15, -0.1) is 0 Å². The predicted molar refractivity (Wildman–Crippen MR) is 107 cm³/mol. The summed E-state index contributed by atoms with van der Waals surface area (Å²) in [6, 6.07) is 14.4. The second-order valence-corrected chi connectivity index (χ2v) is 8.56. The molecule has 1 amide bonds. The van der Waals surface area contributed by atoms with E-state index < -0.39 is 39.9 Å². The van der Waals surface area contributed by atoms with Crippen LogP contribution in [0.25, 0.3) is 0 Å². The summed E-state index contributed by atoms with van der Waals surface area (Å²) >= 11 is 0. The molecule has 31 heavy (non-hydrogen) atoms. The Morgan fingerprint density at radius 2 is 1.58 bits per heavy atom. The fourth-order valence-electron chi connectivity index (χ4n) is 3.16. The van der Waals surface area contributed by atoms with Crippen molar-refractivity contribution in [2.24, 2.45) is 0 Å². The minimum Gasteiger partial charge on any atom is -0.452 e. The second-order valence-electron chi connectivity index (χ2n) is 6.67. The molecule has 0 unspecified atom stereocenters. The van der Waals surface area contributed by atoms with Crippen molar-refractivity contribution in [1.29, 1.82) is 0 Å². The molecule has 3 aromatic carbocycles. The van der Waals surface area contributed by atoms with Gasteiger partial charge in [0.2, 0.25) is 9.84 Å². The number of anilines is 1. The number of rotatable bonds is 4. The number of esters is 1. The van der Waals surface area contributed by atoms with Gasteiger partial charge < -0.3 is 10.1 Å². The number of benzene rings is 3. The summed E-state index contributed by atoms with van der Waals surface area (Å²) in [5, 5.41) is 2.43. The summed E-state index contributed by atoms with van der Waals surface area (Å²) in [7, 11) is -4.00. The number of carbonyl (C=O) groups is 3. The van der Waals surface area contributed by atoms with Crippen LogP contribution in [-0.2, 0) is 19.4 Å². The Morgan fingerprint density at radius 1 is 0.903 bits per heavy atom. The second kappa shape index (κ2) is 7.77. The molecule has 1 N–H and O–H groups in total. The lowest BCUT2D eigenvalue weighted by molar-refractivity contribution is -0.119. The molecule has 9 heteroatoms. The summed E-state index contributed by atoms with van der Waals surface area (Å²) in [5.41, 5.74) is 0.232. The zero-order valence-electron chi connectivity index (χ0n) is 15.8. The van der Waals surface area contributed by atoms with Crippen LogP contribution in [0.1, 0.15) is 26.3 Å². The summed E-state index contributed by atoms with van der Waals surface area (Å²) in [6.07, 6.45) is 0. The van der Waals surface area contributed by atoms with Gasteiger partial charge in [0.15, 0.2) is 12.4 Å². The average molecular weight is 439 g/mol. The molecule has 3 aromatic rings. The van der Waals surface area contributed by atoms with Crippen molar-refractivity contribution < 1.29 is 31.9 Å². The third kappa shape index (κ3) is 3.82. The van der Waals surface area contributed by atoms with E-state index >= 15 is 0 Å². The largest absolute Gasteiger partial charge is 0.452 e. The molecule has 0 bridgehead atoms. The first kappa shape index (κ1) is 20.4. The zero-order chi connectivity index (χ0) is 22.2. The summed E-state index contributed by atoms with van der Waals surface area (Å²) in [5.74, 6) is -2.51. The third-order valence-electron chi connectivity index (χ3n) is 4.63. The maximum Gasteiger partial charge on any atom is 0.338 e. The molecule has 156 valence electrons. The maximum absolute atomic E-state index is 12.9. The first-order valence-electron chi connectivity index (χ1n) is 9.03. The van der Waals surface area contributed by atoms with E-state index in [0.717, 1.165) is 18.2 Å². The highest BCUT2D eigenvalue weighted by molar-refractivity contribution is 7.91. The van der Waals surface area contributed by atoms with Crippen LogP contribution in [0.5, 0.6) is 0 Å². The number of hydrogen-bond acceptors (Lipinski definition) is 6. The molecule has 0 saturated heterocycles. The van der Waals surface area contributed by atoms with Gasteiger partial charge in [-0.1, -0.05) is 12.1 Å². The van der Waals surface area contributed by atoms with Gasteiger partial charge in [0.05, 0.1) is 15.4 Å². The van der Waals surface area contributed by atoms with Crippen molar-refractivity contribution >= 4 is 33.2 Å². The average Bonchev–Trinajstić information content (AvgIpc) is 2.77. The minimum atomic E-state index is -4.00. The molecule has 1 heterocycles. The molecule has 0 radical (unpaired) electrons. The highest BCUT2D eigenvalue weighted by Crippen LogP contribution is 2.34. The lowest BCUT2D eigenvalue weighted by Crippen LogP contribution is -2.22. The number of amides is 1. The fourth-order valence-corrected chi connectivity index (χ4v) is 4.83. The van der Waals surface area contributed by atoms with Gasteiger partial charge in [0, 0.05) is 16.8 Å². The highest BCUT2D eigenvalue weighted by Gasteiger charge is 2.35. The number of ketones is 1. The fraction of sp³-hybridized carbons (Fsp3) is 0.0455. The molecule has 0 fully saturated rings. The molecular formula is C22H14FNO6S. The Morgan fingerprint density at radius 3 is 2.32 bits per heavy atom. The van der Waals surface area contributed by atoms with Gasteiger partial charge in [-0.2, -0.15) is 0 Å². The standard InChI is InChI=1S/C22H14FNO6S/c23-14-6-8-15(9-7-14)24-20(25)12-30-22(27)13-5-10-17-19(11-13)31(28,29)18-4-2-1-3-16(18)21(17)26/h1-11H,12H2,(H,24,25). The van der Waals surface area contributed by atoms with Crippen LogP contribution in [0.3, 0.4) is 0 Å². The molecule has 1 aliphatic heterocycles. The molecular weight excluding hydrogens is 425 g/mol. The van der Waals surface area contributed by atoms with Crippen molar-refractivity contribution in [1.82, 2.24) is 0 Å². The Bertz CT molecular complexity index is 1330. The summed E-state index contributed by atoms with van der Waals surface area (Å²) in [4.78, 5) is 36.5. The van der Waals surface area contributed by atoms with Crippen molar-refractivity contribution in [2.45, 2.75) is 9.79 Å². The molecule has 0 aromatic heterocycles. The Hall–Kier alpha value is -3.85. The first-order chi connectivity index (χ1) is 14.8. The van der Waals surface area contributed by atoms with Crippen molar-refractivity contribution in [3.8, 4) is 0 Å². The summed E-state index contributed by atoms with van der Waals surface area (Å²) in [6.45, 7) is -0.637. The van der Waals surface area contributed by atoms with E-state index in [9.17, 15) is 27.2 Å². The van der Waals surface area contributed by atoms with E-state index in [1.807, 2.05) is 0 Å². The smallest absolute Gasteiger partial charge is 0.338 e. The zero-order valence-corrected chi connectivity index (χ0v) is 16.6. The monoisotopic (exact) mass is 439 g/mol. The van der Waals surface area contributed by atoms with Crippen molar-refractivity contribution in [2.75, 3.05) is 11.9 Å². The van der Waals surface area contributed by atoms with Crippen LogP contribution in [0, 0.1) is 5.82 Å². The molecule has 1 aliphatic rings. The lowest BCUT2D eigenvalue weighted by atomic mass is 10.0. The van der Waals surface area contributed by atoms with Crippen LogP contribution >= 0.6 is 0 Å². The van der Waals surface area contributed by atoms with Crippen LogP contribution in [-0.4, -0.2) is 32.7 Å².